The number of anilines is 6. The van der Waals surface area contributed by atoms with Crippen LogP contribution in [0.4, 0.5) is 34.9 Å². The SMILES string of the molecule is CC[C@@H](C)c1cc(Oc2cnc(C)nc2N)c(C(C)C)cn1.CC[C@H](C)c1cc(Oc2cnc(C)nc2N)c(C(C)C)cn1.CO[C@@H](C)c1cc(Oc2cnc(C)nc2N)c(C(C)C)cn1.Cc1ncc(Oc2cc(C#N)ncc2C(C)C)c(N)n1.Cc1ncc(Oc2cc(C3CC3)ncc2C(C)C)c(N)n1.Cc1ncc(Oc2cc(C3CCCC3)ncc2C(C)C)c(N)n1. The highest BCUT2D eigenvalue weighted by atomic mass is 16.5. The molecule has 12 heterocycles. The molecule has 0 saturated heterocycles. The van der Waals surface area contributed by atoms with Crippen LogP contribution >= 0.6 is 0 Å². The van der Waals surface area contributed by atoms with E-state index in [1.54, 1.807) is 85.0 Å². The largest absolute Gasteiger partial charge is 0.451 e. The number of hydrogen-bond donors (Lipinski definition) is 6. The summed E-state index contributed by atoms with van der Waals surface area (Å²) in [6, 6.07) is 13.6. The Hall–Kier alpha value is -13.6. The van der Waals surface area contributed by atoms with E-state index in [1.165, 1.54) is 44.7 Å². The summed E-state index contributed by atoms with van der Waals surface area (Å²) in [6.45, 7) is 46.4. The Morgan fingerprint density at radius 1 is 0.300 bits per heavy atom. The molecule has 0 radical (unpaired) electrons. The molecule has 3 atom stereocenters. The van der Waals surface area contributed by atoms with Crippen LogP contribution in [0.25, 0.3) is 0 Å². The maximum Gasteiger partial charge on any atom is 0.187 e. The van der Waals surface area contributed by atoms with Gasteiger partial charge in [-0.3, -0.25) is 24.9 Å². The molecular formula is C98H129N25O7. The van der Waals surface area contributed by atoms with Crippen LogP contribution in [0.2, 0.25) is 0 Å². The molecule has 32 heteroatoms. The lowest BCUT2D eigenvalue weighted by atomic mass is 9.99. The van der Waals surface area contributed by atoms with Crippen LogP contribution in [0, 0.1) is 52.9 Å². The van der Waals surface area contributed by atoms with Crippen molar-refractivity contribution < 1.29 is 33.2 Å². The summed E-state index contributed by atoms with van der Waals surface area (Å²) in [5, 5.41) is 8.93. The van der Waals surface area contributed by atoms with Gasteiger partial charge in [0.2, 0.25) is 0 Å². The Morgan fingerprint density at radius 3 is 0.769 bits per heavy atom. The smallest absolute Gasteiger partial charge is 0.187 e. The minimum atomic E-state index is -0.116. The van der Waals surface area contributed by atoms with E-state index >= 15 is 0 Å². The van der Waals surface area contributed by atoms with E-state index < -0.39 is 0 Å². The van der Waals surface area contributed by atoms with E-state index in [1.807, 2.05) is 89.0 Å². The molecule has 2 aliphatic rings. The molecule has 2 saturated carbocycles. The maximum absolute atomic E-state index is 8.93. The van der Waals surface area contributed by atoms with Gasteiger partial charge in [0.1, 0.15) is 81.2 Å². The third kappa shape index (κ3) is 28.2. The van der Waals surface area contributed by atoms with Gasteiger partial charge < -0.3 is 67.6 Å². The fourth-order valence-corrected chi connectivity index (χ4v) is 13.3. The van der Waals surface area contributed by atoms with Crippen molar-refractivity contribution >= 4 is 34.9 Å². The van der Waals surface area contributed by atoms with Gasteiger partial charge in [-0.15, -0.1) is 0 Å². The number of rotatable bonds is 26. The van der Waals surface area contributed by atoms with Crippen molar-refractivity contribution in [1.29, 1.82) is 5.26 Å². The number of pyridine rings is 6. The van der Waals surface area contributed by atoms with Gasteiger partial charge in [0.05, 0.1) is 49.0 Å². The second-order valence-corrected chi connectivity index (χ2v) is 34.2. The van der Waals surface area contributed by atoms with Crippen LogP contribution in [0.15, 0.2) is 111 Å². The molecule has 32 nitrogen and oxygen atoms in total. The molecule has 0 amide bonds. The predicted octanol–water partition coefficient (Wildman–Crippen LogP) is 22.2. The minimum Gasteiger partial charge on any atom is -0.451 e. The first-order valence-corrected chi connectivity index (χ1v) is 44.4. The Morgan fingerprint density at radius 2 is 0.531 bits per heavy atom. The second-order valence-electron chi connectivity index (χ2n) is 34.2. The number of methoxy groups -OCH3 is 1. The van der Waals surface area contributed by atoms with Gasteiger partial charge in [-0.2, -0.15) is 5.26 Å². The summed E-state index contributed by atoms with van der Waals surface area (Å²) in [6.07, 6.45) is 30.1. The maximum atomic E-state index is 8.93. The highest BCUT2D eigenvalue weighted by Crippen LogP contribution is 2.45. The lowest BCUT2D eigenvalue weighted by Gasteiger charge is -2.17. The summed E-state index contributed by atoms with van der Waals surface area (Å²) >= 11 is 0. The molecule has 14 rings (SSSR count). The number of ether oxygens (including phenoxy) is 7. The van der Waals surface area contributed by atoms with Crippen LogP contribution in [-0.2, 0) is 4.74 Å². The van der Waals surface area contributed by atoms with E-state index in [2.05, 4.69) is 193 Å². The van der Waals surface area contributed by atoms with Crippen LogP contribution in [0.1, 0.15) is 337 Å². The first-order chi connectivity index (χ1) is 61.8. The third-order valence-corrected chi connectivity index (χ3v) is 21.8. The summed E-state index contributed by atoms with van der Waals surface area (Å²) in [4.78, 5) is 76.4. The summed E-state index contributed by atoms with van der Waals surface area (Å²) in [7, 11) is 1.65. The zero-order chi connectivity index (χ0) is 94.9. The van der Waals surface area contributed by atoms with Crippen LogP contribution in [0.5, 0.6) is 69.0 Å². The van der Waals surface area contributed by atoms with Crippen LogP contribution in [-0.4, -0.2) is 96.8 Å². The third-order valence-electron chi connectivity index (χ3n) is 21.8. The first-order valence-electron chi connectivity index (χ1n) is 44.4. The molecular weight excluding hydrogens is 1640 g/mol. The van der Waals surface area contributed by atoms with Crippen molar-refractivity contribution in [3.63, 3.8) is 0 Å². The molecule has 12 aromatic heterocycles. The zero-order valence-electron chi connectivity index (χ0n) is 79.7. The fraction of sp³-hybridized carbons (Fsp3) is 0.439. The lowest BCUT2D eigenvalue weighted by molar-refractivity contribution is 0.115. The van der Waals surface area contributed by atoms with Crippen molar-refractivity contribution in [2.24, 2.45) is 0 Å². The van der Waals surface area contributed by atoms with E-state index in [4.69, 9.17) is 72.8 Å². The lowest BCUT2D eigenvalue weighted by Crippen LogP contribution is -2.04. The number of nitrogens with two attached hydrogens (primary N) is 6. The van der Waals surface area contributed by atoms with Crippen molar-refractivity contribution in [2.75, 3.05) is 41.5 Å². The number of hydrogen-bond acceptors (Lipinski definition) is 32. The van der Waals surface area contributed by atoms with E-state index in [0.29, 0.717) is 157 Å². The molecule has 2 fully saturated rings. The van der Waals surface area contributed by atoms with Gasteiger partial charge >= 0.3 is 0 Å². The Bertz CT molecular complexity index is 5550. The molecule has 12 N–H and O–H groups in total. The summed E-state index contributed by atoms with van der Waals surface area (Å²) in [5.74, 6) is 16.6. The van der Waals surface area contributed by atoms with Gasteiger partial charge in [0.15, 0.2) is 69.4 Å². The summed E-state index contributed by atoms with van der Waals surface area (Å²) < 4.78 is 41.1. The molecule has 0 aliphatic heterocycles. The van der Waals surface area contributed by atoms with Crippen molar-refractivity contribution in [1.82, 2.24) is 89.7 Å². The number of aromatic nitrogens is 18. The van der Waals surface area contributed by atoms with Crippen LogP contribution in [0.3, 0.4) is 0 Å². The van der Waals surface area contributed by atoms with E-state index in [0.717, 1.165) is 97.7 Å². The van der Waals surface area contributed by atoms with Gasteiger partial charge in [0.25, 0.3) is 0 Å². The number of aryl methyl sites for hydroxylation is 6. The predicted molar refractivity (Wildman–Crippen MR) is 508 cm³/mol. The standard InChI is InChI=1S/C18H24N4O.2C17H24N4O.C16H22N4O2.C16H20N4O.C14H15N5O/c1-11(2)14-9-21-15(13-6-4-5-7-13)8-16(14)23-17-10-20-12(3)22-18(17)19;2*1-6-11(4)14-7-15(13(8-20-14)10(2)3)22-16-9-19-12(5)21-17(16)18;1-9(2)12-7-19-13(10(3)21-5)6-14(12)22-15-8-18-11(4)20-16(15)17;1-9(2)12-7-19-13(11-4-5-11)6-14(12)21-15-8-18-10(3)20-16(15)17;1-8(2)11-6-18-10(5-15)4-12(11)20-13-7-17-9(3)19-14(13)16/h8-11,13H,4-7H2,1-3H3,(H2,19,20,22);2*7-11H,6H2,1-5H3,(H2,18,19,21);6-10H,1-5H3,(H2,17,18,20);6-9,11H,4-5H2,1-3H3,(H2,17,18,20);4,6-8H,1-3H3,(H2,16,17,19)/t;2*11-;10-;;/m.100../s1. The monoisotopic (exact) mass is 1770 g/mol. The van der Waals surface area contributed by atoms with Crippen molar-refractivity contribution in [2.45, 2.75) is 276 Å². The number of nitrogens with zero attached hydrogens (tertiary/aromatic N) is 19. The molecule has 688 valence electrons. The van der Waals surface area contributed by atoms with Gasteiger partial charge in [-0.05, 0) is 134 Å². The molecule has 130 heavy (non-hydrogen) atoms. The van der Waals surface area contributed by atoms with Crippen molar-refractivity contribution in [3.8, 4) is 75.1 Å². The molecule has 0 unspecified atom stereocenters. The number of nitrogen functional groups attached to an aromatic ring is 6. The second kappa shape index (κ2) is 46.9. The zero-order valence-corrected chi connectivity index (χ0v) is 79.7. The van der Waals surface area contributed by atoms with E-state index in [-0.39, 0.29) is 29.5 Å². The van der Waals surface area contributed by atoms with Crippen LogP contribution < -0.4 is 62.8 Å². The summed E-state index contributed by atoms with van der Waals surface area (Å²) in [5.41, 5.74) is 46.9. The van der Waals surface area contributed by atoms with Gasteiger partial charge in [0, 0.05) is 149 Å². The van der Waals surface area contributed by atoms with Gasteiger partial charge in [-0.25, -0.2) is 64.8 Å². The average molecular weight is 1770 g/mol. The Labute approximate surface area is 764 Å². The normalized spacial score (nSPS) is 13.0. The van der Waals surface area contributed by atoms with Gasteiger partial charge in [-0.1, -0.05) is 124 Å². The quantitative estimate of drug-likeness (QED) is 0.0293. The minimum absolute atomic E-state index is 0.116. The molecule has 0 spiro atoms. The topological polar surface area (TPSA) is 477 Å². The Kier molecular flexibility index (Phi) is 36.2. The Balaban J connectivity index is 0.000000176. The highest BCUT2D eigenvalue weighted by Gasteiger charge is 2.28. The molecule has 2 aliphatic carbocycles. The average Bonchev–Trinajstić information content (AvgIpc) is 1.72. The fourth-order valence-electron chi connectivity index (χ4n) is 13.3. The molecule has 12 aromatic rings. The molecule has 0 aromatic carbocycles. The molecule has 0 bridgehead atoms. The van der Waals surface area contributed by atoms with Crippen molar-refractivity contribution in [3.05, 3.63) is 213 Å². The number of nitriles is 1. The van der Waals surface area contributed by atoms with E-state index in [9.17, 15) is 0 Å². The highest BCUT2D eigenvalue weighted by molar-refractivity contribution is 5.55. The first kappa shape index (κ1) is 100.